The van der Waals surface area contributed by atoms with Crippen molar-refractivity contribution in [1.29, 1.82) is 0 Å². The van der Waals surface area contributed by atoms with Crippen molar-refractivity contribution in [1.82, 2.24) is 15.1 Å². The lowest BCUT2D eigenvalue weighted by Gasteiger charge is -2.45. The third kappa shape index (κ3) is 4.19. The fourth-order valence-electron chi connectivity index (χ4n) is 5.02. The predicted octanol–water partition coefficient (Wildman–Crippen LogP) is 1.87. The molecule has 0 unspecified atom stereocenters. The molecule has 1 saturated heterocycles. The number of rotatable bonds is 4. The van der Waals surface area contributed by atoms with E-state index in [0.717, 1.165) is 57.2 Å². The highest BCUT2D eigenvalue weighted by molar-refractivity contribution is 7.92. The Morgan fingerprint density at radius 3 is 2.54 bits per heavy atom. The van der Waals surface area contributed by atoms with Crippen molar-refractivity contribution in [3.05, 3.63) is 0 Å². The zero-order valence-electron chi connectivity index (χ0n) is 16.5. The Balaban J connectivity index is 1.56. The largest absolute Gasteiger partial charge is 0.355 e. The van der Waals surface area contributed by atoms with E-state index in [-0.39, 0.29) is 5.75 Å². The second kappa shape index (κ2) is 8.46. The molecule has 1 aliphatic heterocycles. The molecule has 1 N–H and O–H groups in total. The fourth-order valence-corrected chi connectivity index (χ4v) is 7.18. The summed E-state index contributed by atoms with van der Waals surface area (Å²) in [5.74, 6) is 1.13. The van der Waals surface area contributed by atoms with Crippen LogP contribution in [-0.4, -0.2) is 81.0 Å². The van der Waals surface area contributed by atoms with Crippen molar-refractivity contribution < 1.29 is 8.42 Å². The van der Waals surface area contributed by atoms with Gasteiger partial charge in [-0.05, 0) is 32.7 Å². The van der Waals surface area contributed by atoms with Gasteiger partial charge in [0.05, 0.1) is 10.5 Å². The lowest BCUT2D eigenvalue weighted by atomic mass is 9.87. The van der Waals surface area contributed by atoms with Crippen LogP contribution in [0.4, 0.5) is 0 Å². The van der Waals surface area contributed by atoms with E-state index < -0.39 is 14.6 Å². The monoisotopic (exact) mass is 384 g/mol. The number of hydrogen-bond donors (Lipinski definition) is 1. The van der Waals surface area contributed by atoms with Gasteiger partial charge in [0.25, 0.3) is 0 Å². The van der Waals surface area contributed by atoms with Gasteiger partial charge in [0.1, 0.15) is 0 Å². The summed E-state index contributed by atoms with van der Waals surface area (Å²) in [5.41, 5.74) is 0. The summed E-state index contributed by atoms with van der Waals surface area (Å²) in [6.07, 6.45) is 10.2. The quantitative estimate of drug-likeness (QED) is 0.592. The lowest BCUT2D eigenvalue weighted by molar-refractivity contribution is 0.245. The first-order chi connectivity index (χ1) is 12.5. The van der Waals surface area contributed by atoms with Gasteiger partial charge in [-0.15, -0.1) is 0 Å². The van der Waals surface area contributed by atoms with Crippen LogP contribution in [0.2, 0.25) is 0 Å². The van der Waals surface area contributed by atoms with Gasteiger partial charge in [0.2, 0.25) is 0 Å². The topological polar surface area (TPSA) is 65.0 Å². The number of nitrogens with zero attached hydrogens (tertiary/aromatic N) is 3. The third-order valence-corrected chi connectivity index (χ3v) is 9.32. The summed E-state index contributed by atoms with van der Waals surface area (Å²) >= 11 is 0. The molecule has 3 aliphatic rings. The van der Waals surface area contributed by atoms with E-state index in [0.29, 0.717) is 13.1 Å². The molecule has 0 radical (unpaired) electrons. The van der Waals surface area contributed by atoms with Crippen LogP contribution in [0.3, 0.4) is 0 Å². The average Bonchev–Trinajstić information content (AvgIpc) is 3.17. The minimum absolute atomic E-state index is 0.260. The third-order valence-electron chi connectivity index (χ3n) is 6.74. The molecule has 26 heavy (non-hydrogen) atoms. The Morgan fingerprint density at radius 2 is 1.88 bits per heavy atom. The smallest absolute Gasteiger partial charge is 0.193 e. The van der Waals surface area contributed by atoms with Crippen molar-refractivity contribution in [2.24, 2.45) is 4.99 Å². The van der Waals surface area contributed by atoms with Gasteiger partial charge in [-0.3, -0.25) is 4.99 Å². The van der Waals surface area contributed by atoms with Crippen LogP contribution in [0.15, 0.2) is 4.99 Å². The van der Waals surface area contributed by atoms with Gasteiger partial charge in [0, 0.05) is 39.3 Å². The highest BCUT2D eigenvalue weighted by Gasteiger charge is 2.48. The van der Waals surface area contributed by atoms with E-state index in [1.165, 1.54) is 25.7 Å². The molecule has 0 aromatic heterocycles. The highest BCUT2D eigenvalue weighted by atomic mass is 32.2. The predicted molar refractivity (Wildman–Crippen MR) is 107 cm³/mol. The van der Waals surface area contributed by atoms with Crippen LogP contribution < -0.4 is 5.32 Å². The van der Waals surface area contributed by atoms with E-state index in [1.54, 1.807) is 7.05 Å². The molecule has 150 valence electrons. The van der Waals surface area contributed by atoms with Gasteiger partial charge in [0.15, 0.2) is 15.8 Å². The summed E-state index contributed by atoms with van der Waals surface area (Å²) < 4.78 is 25.0. The molecular weight excluding hydrogens is 348 g/mol. The Kier molecular flexibility index (Phi) is 6.49. The van der Waals surface area contributed by atoms with Crippen molar-refractivity contribution in [3.8, 4) is 0 Å². The molecular formula is C19H36N4O2S. The number of likely N-dealkylation sites (N-methyl/N-ethyl adjacent to an activating group) is 1. The molecule has 0 amide bonds. The normalized spacial score (nSPS) is 26.6. The first-order valence-corrected chi connectivity index (χ1v) is 12.0. The molecule has 1 heterocycles. The van der Waals surface area contributed by atoms with Crippen LogP contribution in [0, 0.1) is 0 Å². The highest BCUT2D eigenvalue weighted by Crippen LogP contribution is 2.38. The minimum atomic E-state index is -3.00. The van der Waals surface area contributed by atoms with Gasteiger partial charge in [-0.2, -0.15) is 0 Å². The van der Waals surface area contributed by atoms with Crippen LogP contribution >= 0.6 is 0 Å². The lowest BCUT2D eigenvalue weighted by Crippen LogP contribution is -2.60. The number of aliphatic imine (C=N–C) groups is 1. The van der Waals surface area contributed by atoms with Crippen molar-refractivity contribution in [2.75, 3.05) is 46.0 Å². The second-order valence-corrected chi connectivity index (χ2v) is 10.9. The summed E-state index contributed by atoms with van der Waals surface area (Å²) in [7, 11) is 1.02. The molecule has 0 atom stereocenters. The molecule has 2 aliphatic carbocycles. The molecule has 0 aromatic rings. The van der Waals surface area contributed by atoms with Crippen molar-refractivity contribution >= 4 is 15.8 Å². The maximum Gasteiger partial charge on any atom is 0.193 e. The first-order valence-electron chi connectivity index (χ1n) is 10.4. The van der Waals surface area contributed by atoms with Gasteiger partial charge in [-0.25, -0.2) is 8.42 Å². The first kappa shape index (κ1) is 19.9. The Hall–Kier alpha value is -0.820. The summed E-state index contributed by atoms with van der Waals surface area (Å²) in [6, 6.07) is 0.726. The molecule has 0 bridgehead atoms. The average molecular weight is 385 g/mol. The Bertz CT molecular complexity index is 593. The van der Waals surface area contributed by atoms with E-state index in [1.807, 2.05) is 0 Å². The summed E-state index contributed by atoms with van der Waals surface area (Å²) in [4.78, 5) is 9.09. The Morgan fingerprint density at radius 1 is 1.19 bits per heavy atom. The molecule has 3 fully saturated rings. The maximum atomic E-state index is 12.8. The number of sulfone groups is 1. The molecule has 3 rings (SSSR count). The van der Waals surface area contributed by atoms with Gasteiger partial charge in [-0.1, -0.05) is 32.1 Å². The molecule has 2 saturated carbocycles. The molecule has 7 heteroatoms. The molecule has 1 spiro atoms. The van der Waals surface area contributed by atoms with Crippen LogP contribution in [0.5, 0.6) is 0 Å². The van der Waals surface area contributed by atoms with Crippen molar-refractivity contribution in [2.45, 2.75) is 68.6 Å². The maximum absolute atomic E-state index is 12.8. The van der Waals surface area contributed by atoms with E-state index in [4.69, 9.17) is 0 Å². The van der Waals surface area contributed by atoms with E-state index in [9.17, 15) is 8.42 Å². The standard InChI is InChI=1S/C19H36N4O2S/c1-20-18(21-12-13-22(2)17-8-4-5-9-17)23-14-15-26(24,25)19(16-23)10-6-3-7-11-19/h17H,3-16H2,1-2H3,(H,20,21). The summed E-state index contributed by atoms with van der Waals surface area (Å²) in [5, 5.41) is 3.48. The number of hydrogen-bond acceptors (Lipinski definition) is 4. The number of nitrogens with one attached hydrogen (secondary N) is 1. The van der Waals surface area contributed by atoms with Gasteiger partial charge >= 0.3 is 0 Å². The van der Waals surface area contributed by atoms with Crippen LogP contribution in [0.1, 0.15) is 57.8 Å². The van der Waals surface area contributed by atoms with E-state index >= 15 is 0 Å². The van der Waals surface area contributed by atoms with Crippen molar-refractivity contribution in [3.63, 3.8) is 0 Å². The minimum Gasteiger partial charge on any atom is -0.355 e. The van der Waals surface area contributed by atoms with Crippen LogP contribution in [-0.2, 0) is 9.84 Å². The second-order valence-electron chi connectivity index (χ2n) is 8.38. The van der Waals surface area contributed by atoms with E-state index in [2.05, 4.69) is 27.2 Å². The van der Waals surface area contributed by atoms with Crippen LogP contribution in [0.25, 0.3) is 0 Å². The van der Waals surface area contributed by atoms with Gasteiger partial charge < -0.3 is 15.1 Å². The fraction of sp³-hybridized carbons (Fsp3) is 0.947. The Labute approximate surface area is 159 Å². The summed E-state index contributed by atoms with van der Waals surface area (Å²) in [6.45, 7) is 3.02. The zero-order chi connectivity index (χ0) is 18.6. The molecule has 6 nitrogen and oxygen atoms in total. The zero-order valence-corrected chi connectivity index (χ0v) is 17.4. The number of guanidine groups is 1. The SMILES string of the molecule is CN=C(NCCN(C)C1CCCC1)N1CCS(=O)(=O)C2(CCCCC2)C1. The molecule has 0 aromatic carbocycles.